The van der Waals surface area contributed by atoms with Gasteiger partial charge in [0.05, 0.1) is 0 Å². The largest absolute Gasteiger partial charge is 0.356 e. The van der Waals surface area contributed by atoms with E-state index in [-0.39, 0.29) is 24.0 Å². The Kier molecular flexibility index (Phi) is 10.5. The molecular weight excluding hydrogens is 361 g/mol. The van der Waals surface area contributed by atoms with E-state index in [0.29, 0.717) is 0 Å². The number of hydrogen-bond acceptors (Lipinski definition) is 1. The third kappa shape index (κ3) is 7.72. The Labute approximate surface area is 140 Å². The van der Waals surface area contributed by atoms with Crippen molar-refractivity contribution in [2.75, 3.05) is 13.6 Å². The van der Waals surface area contributed by atoms with Gasteiger partial charge in [-0.3, -0.25) is 4.99 Å². The van der Waals surface area contributed by atoms with E-state index in [1.54, 1.807) is 0 Å². The first-order chi connectivity index (χ1) is 9.13. The fourth-order valence-corrected chi connectivity index (χ4v) is 1.93. The topological polar surface area (TPSA) is 36.4 Å². The van der Waals surface area contributed by atoms with Crippen molar-refractivity contribution in [3.63, 3.8) is 0 Å². The van der Waals surface area contributed by atoms with Gasteiger partial charge in [0.25, 0.3) is 0 Å². The second kappa shape index (κ2) is 10.9. The van der Waals surface area contributed by atoms with Gasteiger partial charge in [-0.25, -0.2) is 0 Å². The van der Waals surface area contributed by atoms with E-state index in [9.17, 15) is 0 Å². The van der Waals surface area contributed by atoms with Gasteiger partial charge in [-0.2, -0.15) is 0 Å². The lowest BCUT2D eigenvalue weighted by Gasteiger charge is -2.13. The van der Waals surface area contributed by atoms with Crippen molar-refractivity contribution < 1.29 is 0 Å². The van der Waals surface area contributed by atoms with E-state index in [2.05, 4.69) is 60.7 Å². The predicted octanol–water partition coefficient (Wildman–Crippen LogP) is 3.71. The van der Waals surface area contributed by atoms with Crippen LogP contribution < -0.4 is 10.6 Å². The maximum atomic E-state index is 4.24. The van der Waals surface area contributed by atoms with E-state index in [1.165, 1.54) is 24.0 Å². The Morgan fingerprint density at radius 3 is 2.50 bits per heavy atom. The van der Waals surface area contributed by atoms with Crippen LogP contribution in [0.5, 0.6) is 0 Å². The summed E-state index contributed by atoms with van der Waals surface area (Å²) in [5, 5.41) is 6.71. The lowest BCUT2D eigenvalue weighted by molar-refractivity contribution is 0.549. The summed E-state index contributed by atoms with van der Waals surface area (Å²) in [5.74, 6) is 1.65. The first-order valence-electron chi connectivity index (χ1n) is 7.12. The molecule has 0 radical (unpaired) electrons. The summed E-state index contributed by atoms with van der Waals surface area (Å²) in [6, 6.07) is 8.42. The average Bonchev–Trinajstić information content (AvgIpc) is 2.39. The molecule has 114 valence electrons. The SMILES string of the molecule is CN=C(NCCCC(C)C)NCc1ccccc1C.I. The molecule has 20 heavy (non-hydrogen) atoms. The van der Waals surface area contributed by atoms with Gasteiger partial charge in [-0.05, 0) is 36.8 Å². The quantitative estimate of drug-likeness (QED) is 0.337. The molecule has 3 nitrogen and oxygen atoms in total. The van der Waals surface area contributed by atoms with Crippen LogP contribution in [0.15, 0.2) is 29.3 Å². The summed E-state index contributed by atoms with van der Waals surface area (Å²) in [6.45, 7) is 8.44. The number of rotatable bonds is 6. The fraction of sp³-hybridized carbons (Fsp3) is 0.562. The molecule has 1 rings (SSSR count). The Bertz CT molecular complexity index is 402. The van der Waals surface area contributed by atoms with Crippen molar-refractivity contribution in [3.8, 4) is 0 Å². The highest BCUT2D eigenvalue weighted by atomic mass is 127. The number of nitrogens with one attached hydrogen (secondary N) is 2. The molecule has 0 heterocycles. The summed E-state index contributed by atoms with van der Waals surface area (Å²) in [5.41, 5.74) is 2.62. The molecule has 0 unspecified atom stereocenters. The highest BCUT2D eigenvalue weighted by Crippen LogP contribution is 2.06. The van der Waals surface area contributed by atoms with Gasteiger partial charge in [0.15, 0.2) is 5.96 Å². The molecule has 1 aromatic rings. The Morgan fingerprint density at radius 1 is 1.20 bits per heavy atom. The summed E-state index contributed by atoms with van der Waals surface area (Å²) >= 11 is 0. The summed E-state index contributed by atoms with van der Waals surface area (Å²) in [6.07, 6.45) is 2.44. The molecule has 0 saturated heterocycles. The highest BCUT2D eigenvalue weighted by Gasteiger charge is 2.00. The van der Waals surface area contributed by atoms with Gasteiger partial charge in [0.1, 0.15) is 0 Å². The van der Waals surface area contributed by atoms with Crippen molar-refractivity contribution in [2.45, 2.75) is 40.2 Å². The van der Waals surface area contributed by atoms with Gasteiger partial charge < -0.3 is 10.6 Å². The minimum Gasteiger partial charge on any atom is -0.356 e. The van der Waals surface area contributed by atoms with Crippen LogP contribution in [-0.4, -0.2) is 19.6 Å². The molecule has 0 atom stereocenters. The predicted molar refractivity (Wildman–Crippen MR) is 98.9 cm³/mol. The molecule has 4 heteroatoms. The van der Waals surface area contributed by atoms with Crippen molar-refractivity contribution >= 4 is 29.9 Å². The normalized spacial score (nSPS) is 11.2. The number of aliphatic imine (C=N–C) groups is 1. The second-order valence-electron chi connectivity index (χ2n) is 5.32. The van der Waals surface area contributed by atoms with Crippen LogP contribution in [0.4, 0.5) is 0 Å². The molecule has 0 aliphatic heterocycles. The zero-order valence-corrected chi connectivity index (χ0v) is 15.4. The smallest absolute Gasteiger partial charge is 0.191 e. The van der Waals surface area contributed by atoms with E-state index in [1.807, 2.05) is 7.05 Å². The average molecular weight is 389 g/mol. The maximum Gasteiger partial charge on any atom is 0.191 e. The van der Waals surface area contributed by atoms with Crippen LogP contribution in [0.1, 0.15) is 37.8 Å². The van der Waals surface area contributed by atoms with Gasteiger partial charge in [-0.15, -0.1) is 24.0 Å². The Balaban J connectivity index is 0.00000361. The van der Waals surface area contributed by atoms with Crippen LogP contribution in [0.3, 0.4) is 0 Å². The third-order valence-electron chi connectivity index (χ3n) is 3.18. The van der Waals surface area contributed by atoms with Crippen LogP contribution in [0, 0.1) is 12.8 Å². The first kappa shape index (κ1) is 19.2. The number of benzene rings is 1. The number of guanidine groups is 1. The molecular formula is C16H28IN3. The van der Waals surface area contributed by atoms with Gasteiger partial charge in [-0.1, -0.05) is 38.1 Å². The summed E-state index contributed by atoms with van der Waals surface area (Å²) in [4.78, 5) is 4.24. The molecule has 2 N–H and O–H groups in total. The highest BCUT2D eigenvalue weighted by molar-refractivity contribution is 14.0. The molecule has 0 aliphatic rings. The fourth-order valence-electron chi connectivity index (χ4n) is 1.93. The minimum absolute atomic E-state index is 0. The third-order valence-corrected chi connectivity index (χ3v) is 3.18. The Hall–Kier alpha value is -0.780. The number of nitrogens with zero attached hydrogens (tertiary/aromatic N) is 1. The molecule has 0 aromatic heterocycles. The van der Waals surface area contributed by atoms with Crippen molar-refractivity contribution in [2.24, 2.45) is 10.9 Å². The number of halogens is 1. The molecule has 0 saturated carbocycles. The van der Waals surface area contributed by atoms with Gasteiger partial charge >= 0.3 is 0 Å². The van der Waals surface area contributed by atoms with Crippen LogP contribution in [-0.2, 0) is 6.54 Å². The molecule has 0 aliphatic carbocycles. The first-order valence-corrected chi connectivity index (χ1v) is 7.12. The molecule has 1 aromatic carbocycles. The zero-order valence-electron chi connectivity index (χ0n) is 13.1. The molecule has 0 spiro atoms. The minimum atomic E-state index is 0. The molecule has 0 bridgehead atoms. The van der Waals surface area contributed by atoms with Crippen LogP contribution in [0.2, 0.25) is 0 Å². The lowest BCUT2D eigenvalue weighted by Crippen LogP contribution is -2.37. The van der Waals surface area contributed by atoms with Gasteiger partial charge in [0, 0.05) is 20.1 Å². The van der Waals surface area contributed by atoms with Crippen molar-refractivity contribution in [1.29, 1.82) is 0 Å². The summed E-state index contributed by atoms with van der Waals surface area (Å²) < 4.78 is 0. The van der Waals surface area contributed by atoms with E-state index in [0.717, 1.165) is 25.0 Å². The van der Waals surface area contributed by atoms with Crippen molar-refractivity contribution in [1.82, 2.24) is 10.6 Å². The molecule has 0 amide bonds. The lowest BCUT2D eigenvalue weighted by atomic mass is 10.1. The van der Waals surface area contributed by atoms with E-state index < -0.39 is 0 Å². The van der Waals surface area contributed by atoms with E-state index in [4.69, 9.17) is 0 Å². The molecule has 0 fully saturated rings. The van der Waals surface area contributed by atoms with E-state index >= 15 is 0 Å². The standard InChI is InChI=1S/C16H27N3.HI/c1-13(2)8-7-11-18-16(17-4)19-12-15-10-6-5-9-14(15)3;/h5-6,9-10,13H,7-8,11-12H2,1-4H3,(H2,17,18,19);1H. The van der Waals surface area contributed by atoms with Gasteiger partial charge in [0.2, 0.25) is 0 Å². The van der Waals surface area contributed by atoms with Crippen LogP contribution >= 0.6 is 24.0 Å². The zero-order chi connectivity index (χ0) is 14.1. The van der Waals surface area contributed by atoms with Crippen LogP contribution in [0.25, 0.3) is 0 Å². The van der Waals surface area contributed by atoms with Crippen molar-refractivity contribution in [3.05, 3.63) is 35.4 Å². The monoisotopic (exact) mass is 389 g/mol. The summed E-state index contributed by atoms with van der Waals surface area (Å²) in [7, 11) is 1.82. The second-order valence-corrected chi connectivity index (χ2v) is 5.32. The Morgan fingerprint density at radius 2 is 1.90 bits per heavy atom. The number of hydrogen-bond donors (Lipinski definition) is 2. The maximum absolute atomic E-state index is 4.24. The number of aryl methyl sites for hydroxylation is 1.